The van der Waals surface area contributed by atoms with E-state index in [1.807, 2.05) is 47.4 Å². The number of benzene rings is 3. The molecule has 1 amide bonds. The van der Waals surface area contributed by atoms with E-state index in [1.165, 1.54) is 42.5 Å². The van der Waals surface area contributed by atoms with Crippen molar-refractivity contribution in [3.63, 3.8) is 0 Å². The largest absolute Gasteiger partial charge is 0.445 e. The maximum absolute atomic E-state index is 13.5. The molecule has 174 valence electrons. The Morgan fingerprint density at radius 1 is 0.971 bits per heavy atom. The van der Waals surface area contributed by atoms with E-state index in [0.29, 0.717) is 12.5 Å². The normalized spacial score (nSPS) is 25.3. The highest BCUT2D eigenvalue weighted by molar-refractivity contribution is 5.70. The molecule has 3 nitrogen and oxygen atoms in total. The van der Waals surface area contributed by atoms with Crippen LogP contribution in [0.15, 0.2) is 72.8 Å². The lowest BCUT2D eigenvalue weighted by molar-refractivity contribution is -0.0136. The van der Waals surface area contributed by atoms with E-state index < -0.39 is 0 Å². The van der Waals surface area contributed by atoms with Crippen LogP contribution in [0.25, 0.3) is 11.1 Å². The predicted octanol–water partition coefficient (Wildman–Crippen LogP) is 6.89. The Hall–Kier alpha value is -3.14. The molecule has 0 N–H and O–H groups in total. The molecule has 0 spiro atoms. The zero-order valence-electron chi connectivity index (χ0n) is 19.4. The number of carbonyl (C=O) groups is 1. The monoisotopic (exact) mass is 455 g/mol. The van der Waals surface area contributed by atoms with Crippen LogP contribution < -0.4 is 0 Å². The Balaban J connectivity index is 1.30. The van der Waals surface area contributed by atoms with Gasteiger partial charge in [0.1, 0.15) is 12.4 Å². The van der Waals surface area contributed by atoms with Crippen LogP contribution >= 0.6 is 0 Å². The van der Waals surface area contributed by atoms with E-state index in [1.54, 1.807) is 0 Å². The Bertz CT molecular complexity index is 1190. The summed E-state index contributed by atoms with van der Waals surface area (Å²) in [4.78, 5) is 15.2. The molecular weight excluding hydrogens is 425 g/mol. The van der Waals surface area contributed by atoms with Crippen molar-refractivity contribution in [1.82, 2.24) is 4.90 Å². The molecule has 1 heterocycles. The van der Waals surface area contributed by atoms with Gasteiger partial charge in [-0.05, 0) is 71.6 Å². The van der Waals surface area contributed by atoms with Crippen molar-refractivity contribution >= 4 is 6.09 Å². The molecule has 2 aliphatic carbocycles. The number of rotatable bonds is 3. The van der Waals surface area contributed by atoms with Gasteiger partial charge in [-0.2, -0.15) is 0 Å². The van der Waals surface area contributed by atoms with Crippen molar-refractivity contribution in [2.24, 2.45) is 5.92 Å². The number of ether oxygens (including phenoxy) is 1. The summed E-state index contributed by atoms with van der Waals surface area (Å²) in [6.07, 6.45) is 6.48. The van der Waals surface area contributed by atoms with E-state index >= 15 is 0 Å². The number of amides is 1. The molecule has 3 aromatic rings. The minimum atomic E-state index is -0.206. The first kappa shape index (κ1) is 21.4. The molecule has 1 aliphatic heterocycles. The zero-order chi connectivity index (χ0) is 23.1. The first-order valence-electron chi connectivity index (χ1n) is 12.5. The number of hydrogen-bond donors (Lipinski definition) is 0. The lowest BCUT2D eigenvalue weighted by Crippen LogP contribution is -2.62. The average molecular weight is 456 g/mol. The summed E-state index contributed by atoms with van der Waals surface area (Å²) in [6, 6.07) is 23.6. The molecule has 3 aliphatic rings. The molecule has 1 saturated carbocycles. The Morgan fingerprint density at radius 3 is 2.59 bits per heavy atom. The molecule has 0 radical (unpaired) electrons. The summed E-state index contributed by atoms with van der Waals surface area (Å²) in [5.41, 5.74) is 6.17. The van der Waals surface area contributed by atoms with Crippen molar-refractivity contribution in [3.8, 4) is 11.1 Å². The lowest BCUT2D eigenvalue weighted by Gasteiger charge is -2.58. The van der Waals surface area contributed by atoms with Crippen molar-refractivity contribution in [2.75, 3.05) is 6.54 Å². The molecule has 4 heteroatoms. The Kier molecular flexibility index (Phi) is 5.40. The summed E-state index contributed by atoms with van der Waals surface area (Å²) in [5, 5.41) is 0. The molecule has 3 aromatic carbocycles. The number of fused-ring (bicyclic) bond motifs is 1. The fraction of sp³-hybridized carbons (Fsp3) is 0.367. The maximum Gasteiger partial charge on any atom is 0.410 e. The van der Waals surface area contributed by atoms with Crippen LogP contribution in [0.3, 0.4) is 0 Å². The summed E-state index contributed by atoms with van der Waals surface area (Å²) in [6.45, 7) is 1.06. The molecule has 6 rings (SSSR count). The smallest absolute Gasteiger partial charge is 0.410 e. The lowest BCUT2D eigenvalue weighted by atomic mass is 9.52. The van der Waals surface area contributed by atoms with Crippen LogP contribution in [0.5, 0.6) is 0 Å². The first-order valence-corrected chi connectivity index (χ1v) is 12.5. The predicted molar refractivity (Wildman–Crippen MR) is 131 cm³/mol. The molecular formula is C30H30FNO2. The maximum atomic E-state index is 13.5. The van der Waals surface area contributed by atoms with Gasteiger partial charge < -0.3 is 9.64 Å². The third-order valence-corrected chi connectivity index (χ3v) is 8.45. The van der Waals surface area contributed by atoms with Gasteiger partial charge in [-0.1, -0.05) is 73.5 Å². The quantitative estimate of drug-likeness (QED) is 0.430. The fourth-order valence-corrected chi connectivity index (χ4v) is 6.86. The van der Waals surface area contributed by atoms with Crippen molar-refractivity contribution in [3.05, 3.63) is 95.3 Å². The molecule has 34 heavy (non-hydrogen) atoms. The van der Waals surface area contributed by atoms with Gasteiger partial charge in [-0.3, -0.25) is 0 Å². The fourth-order valence-electron chi connectivity index (χ4n) is 6.86. The van der Waals surface area contributed by atoms with Crippen molar-refractivity contribution in [2.45, 2.75) is 56.6 Å². The van der Waals surface area contributed by atoms with Gasteiger partial charge in [-0.15, -0.1) is 0 Å². The molecule has 1 unspecified atom stereocenters. The number of piperidine rings is 1. The molecule has 0 aromatic heterocycles. The number of halogens is 1. The van der Waals surface area contributed by atoms with E-state index in [2.05, 4.69) is 18.2 Å². The summed E-state index contributed by atoms with van der Waals surface area (Å²) >= 11 is 0. The van der Waals surface area contributed by atoms with Crippen LogP contribution in [0.2, 0.25) is 0 Å². The summed E-state index contributed by atoms with van der Waals surface area (Å²) < 4.78 is 19.2. The van der Waals surface area contributed by atoms with Crippen molar-refractivity contribution in [1.29, 1.82) is 0 Å². The summed E-state index contributed by atoms with van der Waals surface area (Å²) in [5.74, 6) is 0.261. The topological polar surface area (TPSA) is 29.5 Å². The summed E-state index contributed by atoms with van der Waals surface area (Å²) in [7, 11) is 0. The Labute approximate surface area is 200 Å². The van der Waals surface area contributed by atoms with Gasteiger partial charge in [0.15, 0.2) is 0 Å². The van der Waals surface area contributed by atoms with E-state index in [4.69, 9.17) is 4.74 Å². The van der Waals surface area contributed by atoms with Crippen LogP contribution in [0.1, 0.15) is 48.8 Å². The van der Waals surface area contributed by atoms with Gasteiger partial charge >= 0.3 is 6.09 Å². The van der Waals surface area contributed by atoms with Crippen LogP contribution in [-0.4, -0.2) is 23.6 Å². The Morgan fingerprint density at radius 2 is 1.76 bits per heavy atom. The number of likely N-dealkylation sites (tertiary alicyclic amines) is 1. The number of hydrogen-bond acceptors (Lipinski definition) is 2. The van der Waals surface area contributed by atoms with Crippen LogP contribution in [0, 0.1) is 11.7 Å². The minimum Gasteiger partial charge on any atom is -0.445 e. The van der Waals surface area contributed by atoms with Gasteiger partial charge in [0.25, 0.3) is 0 Å². The number of carbonyl (C=O) groups excluding carboxylic acids is 1. The minimum absolute atomic E-state index is 0.128. The number of nitrogens with zero attached hydrogens (tertiary/aromatic N) is 1. The second kappa shape index (κ2) is 8.57. The van der Waals surface area contributed by atoms with Crippen molar-refractivity contribution < 1.29 is 13.9 Å². The van der Waals surface area contributed by atoms with E-state index in [9.17, 15) is 9.18 Å². The third-order valence-electron chi connectivity index (χ3n) is 8.45. The van der Waals surface area contributed by atoms with E-state index in [-0.39, 0.29) is 23.4 Å². The van der Waals surface area contributed by atoms with Gasteiger partial charge in [0.2, 0.25) is 0 Å². The van der Waals surface area contributed by atoms with Gasteiger partial charge in [0, 0.05) is 18.0 Å². The first-order chi connectivity index (χ1) is 16.6. The van der Waals surface area contributed by atoms with Crippen LogP contribution in [0.4, 0.5) is 9.18 Å². The molecule has 2 bridgehead atoms. The highest BCUT2D eigenvalue weighted by Crippen LogP contribution is 2.56. The molecule has 2 fully saturated rings. The third kappa shape index (κ3) is 3.60. The molecule has 1 saturated heterocycles. The van der Waals surface area contributed by atoms with E-state index in [0.717, 1.165) is 42.5 Å². The van der Waals surface area contributed by atoms with Gasteiger partial charge in [0.05, 0.1) is 0 Å². The molecule has 3 atom stereocenters. The van der Waals surface area contributed by atoms with Gasteiger partial charge in [-0.25, -0.2) is 9.18 Å². The SMILES string of the molecule is O=C(OCc1ccccc1)N1CCC23CCCC[C@@H]2[C@@H]1Cc1ccc(-c2ccc(F)cc2)cc13. The highest BCUT2D eigenvalue weighted by atomic mass is 19.1. The second-order valence-corrected chi connectivity index (χ2v) is 10.1. The average Bonchev–Trinajstić information content (AvgIpc) is 2.88. The standard InChI is InChI=1S/C30H30FNO2/c31-25-13-11-22(12-14-25)23-9-10-24-19-28-26-8-4-5-15-30(26,27(24)18-23)16-17-32(28)29(33)34-20-21-6-2-1-3-7-21/h1-3,6-7,9-14,18,26,28H,4-5,8,15-17,19-20H2/t26-,28+,30?/m1/s1. The van der Waals surface area contributed by atoms with Crippen LogP contribution in [-0.2, 0) is 23.2 Å². The zero-order valence-corrected chi connectivity index (χ0v) is 19.4. The second-order valence-electron chi connectivity index (χ2n) is 10.1. The highest BCUT2D eigenvalue weighted by Gasteiger charge is 2.55.